The van der Waals surface area contributed by atoms with Gasteiger partial charge in [0, 0.05) is 23.6 Å². The molecule has 1 aliphatic rings. The zero-order chi connectivity index (χ0) is 22.7. The Bertz CT molecular complexity index is 1150. The predicted octanol–water partition coefficient (Wildman–Crippen LogP) is 3.06. The summed E-state index contributed by atoms with van der Waals surface area (Å²) in [5.74, 6) is 0.740. The Labute approximate surface area is 185 Å². The van der Waals surface area contributed by atoms with Crippen molar-refractivity contribution in [1.82, 2.24) is 20.5 Å². The molecule has 1 aromatic heterocycles. The number of carbonyl (C=O) groups is 3. The Hall–Kier alpha value is -4.01. The Balaban J connectivity index is 1.33. The van der Waals surface area contributed by atoms with Crippen molar-refractivity contribution in [3.8, 4) is 11.4 Å². The number of H-pyrrole nitrogens is 1. The number of nitrogens with one attached hydrogen (secondary N) is 4. The van der Waals surface area contributed by atoms with Gasteiger partial charge < -0.3 is 16.0 Å². The van der Waals surface area contributed by atoms with Gasteiger partial charge >= 0.3 is 0 Å². The molecule has 3 amide bonds. The maximum atomic E-state index is 12.4. The van der Waals surface area contributed by atoms with Gasteiger partial charge in [-0.2, -0.15) is 5.10 Å². The van der Waals surface area contributed by atoms with Gasteiger partial charge in [-0.05, 0) is 42.8 Å². The molecule has 0 saturated carbocycles. The number of rotatable bonds is 6. The van der Waals surface area contributed by atoms with Crippen molar-refractivity contribution in [3.05, 3.63) is 59.9 Å². The van der Waals surface area contributed by atoms with E-state index in [2.05, 4.69) is 31.1 Å². The molecule has 164 valence electrons. The Kier molecular flexibility index (Phi) is 5.98. The normalized spacial score (nSPS) is 15.5. The van der Waals surface area contributed by atoms with E-state index >= 15 is 0 Å². The van der Waals surface area contributed by atoms with E-state index in [1.807, 2.05) is 26.0 Å². The summed E-state index contributed by atoms with van der Waals surface area (Å²) in [4.78, 5) is 41.7. The van der Waals surface area contributed by atoms with E-state index in [1.54, 1.807) is 36.4 Å². The fourth-order valence-corrected chi connectivity index (χ4v) is 3.38. The van der Waals surface area contributed by atoms with Crippen LogP contribution in [0.5, 0.6) is 0 Å². The second kappa shape index (κ2) is 9.01. The number of fused-ring (bicyclic) bond motifs is 1. The van der Waals surface area contributed by atoms with Gasteiger partial charge in [-0.15, -0.1) is 0 Å². The molecule has 2 aromatic carbocycles. The first-order valence-electron chi connectivity index (χ1n) is 10.4. The highest BCUT2D eigenvalue weighted by Gasteiger charge is 2.27. The van der Waals surface area contributed by atoms with Crippen LogP contribution < -0.4 is 16.0 Å². The molecule has 3 aromatic rings. The van der Waals surface area contributed by atoms with Crippen molar-refractivity contribution in [3.63, 3.8) is 0 Å². The summed E-state index contributed by atoms with van der Waals surface area (Å²) in [5.41, 5.74) is 2.33. The van der Waals surface area contributed by atoms with Crippen molar-refractivity contribution in [1.29, 1.82) is 0 Å². The molecule has 0 fully saturated rings. The molecule has 1 aliphatic heterocycles. The van der Waals surface area contributed by atoms with Gasteiger partial charge in [-0.25, -0.2) is 4.98 Å². The quantitative estimate of drug-likeness (QED) is 0.476. The summed E-state index contributed by atoms with van der Waals surface area (Å²) >= 11 is 0. The van der Waals surface area contributed by atoms with Gasteiger partial charge in [0.05, 0.1) is 11.3 Å². The fourth-order valence-electron chi connectivity index (χ4n) is 3.38. The number of aromatic amines is 1. The molecule has 9 nitrogen and oxygen atoms in total. The van der Waals surface area contributed by atoms with E-state index in [4.69, 9.17) is 0 Å². The molecule has 0 spiro atoms. The summed E-state index contributed by atoms with van der Waals surface area (Å²) in [6.45, 7) is 4.07. The third-order valence-corrected chi connectivity index (χ3v) is 5.19. The molecular formula is C23H24N6O3. The number of aromatic nitrogens is 3. The van der Waals surface area contributed by atoms with Crippen molar-refractivity contribution in [2.45, 2.75) is 38.6 Å². The molecule has 4 rings (SSSR count). The SMILES string of the molecule is CC(C)c1nc(-c2ccc(NC(=O)CC[C@@H]3NC(=O)c4ccccc4NC3=O)cc2)n[nH]1. The van der Waals surface area contributed by atoms with Crippen LogP contribution >= 0.6 is 0 Å². The number of anilines is 2. The average molecular weight is 432 g/mol. The van der Waals surface area contributed by atoms with Crippen molar-refractivity contribution < 1.29 is 14.4 Å². The molecule has 0 radical (unpaired) electrons. The lowest BCUT2D eigenvalue weighted by Gasteiger charge is -2.14. The lowest BCUT2D eigenvalue weighted by molar-refractivity contribution is -0.118. The molecule has 2 heterocycles. The molecule has 32 heavy (non-hydrogen) atoms. The number of hydrogen-bond acceptors (Lipinski definition) is 5. The Morgan fingerprint density at radius 1 is 1.09 bits per heavy atom. The summed E-state index contributed by atoms with van der Waals surface area (Å²) < 4.78 is 0. The third-order valence-electron chi connectivity index (χ3n) is 5.19. The van der Waals surface area contributed by atoms with Gasteiger partial charge in [-0.1, -0.05) is 26.0 Å². The number of hydrogen-bond donors (Lipinski definition) is 4. The summed E-state index contributed by atoms with van der Waals surface area (Å²) in [6.07, 6.45) is 0.264. The van der Waals surface area contributed by atoms with Crippen LogP contribution in [0, 0.1) is 0 Å². The fraction of sp³-hybridized carbons (Fsp3) is 0.261. The van der Waals surface area contributed by atoms with Gasteiger partial charge in [0.2, 0.25) is 11.8 Å². The molecular weight excluding hydrogens is 408 g/mol. The number of amides is 3. The highest BCUT2D eigenvalue weighted by molar-refractivity contribution is 6.10. The van der Waals surface area contributed by atoms with Crippen LogP contribution in [0.1, 0.15) is 48.8 Å². The van der Waals surface area contributed by atoms with Crippen molar-refractivity contribution in [2.75, 3.05) is 10.6 Å². The van der Waals surface area contributed by atoms with Crippen LogP contribution in [-0.4, -0.2) is 38.9 Å². The van der Waals surface area contributed by atoms with E-state index < -0.39 is 6.04 Å². The molecule has 0 unspecified atom stereocenters. The Morgan fingerprint density at radius 2 is 1.84 bits per heavy atom. The topological polar surface area (TPSA) is 129 Å². The Morgan fingerprint density at radius 3 is 2.56 bits per heavy atom. The minimum Gasteiger partial charge on any atom is -0.340 e. The average Bonchev–Trinajstić information content (AvgIpc) is 3.24. The molecule has 9 heteroatoms. The van der Waals surface area contributed by atoms with Crippen LogP contribution in [-0.2, 0) is 9.59 Å². The lowest BCUT2D eigenvalue weighted by atomic mass is 10.1. The van der Waals surface area contributed by atoms with Gasteiger partial charge in [0.1, 0.15) is 11.9 Å². The zero-order valence-corrected chi connectivity index (χ0v) is 17.8. The van der Waals surface area contributed by atoms with E-state index in [0.29, 0.717) is 22.8 Å². The van der Waals surface area contributed by atoms with E-state index in [9.17, 15) is 14.4 Å². The second-order valence-electron chi connectivity index (χ2n) is 7.92. The van der Waals surface area contributed by atoms with Crippen LogP contribution in [0.15, 0.2) is 48.5 Å². The number of benzene rings is 2. The highest BCUT2D eigenvalue weighted by Crippen LogP contribution is 2.21. The monoisotopic (exact) mass is 432 g/mol. The maximum absolute atomic E-state index is 12.4. The minimum atomic E-state index is -0.788. The van der Waals surface area contributed by atoms with Crippen LogP contribution in [0.25, 0.3) is 11.4 Å². The van der Waals surface area contributed by atoms with Gasteiger partial charge in [0.25, 0.3) is 5.91 Å². The first kappa shape index (κ1) is 21.2. The maximum Gasteiger partial charge on any atom is 0.254 e. The lowest BCUT2D eigenvalue weighted by Crippen LogP contribution is -2.41. The summed E-state index contributed by atoms with van der Waals surface area (Å²) in [5, 5.41) is 15.4. The number of para-hydroxylation sites is 1. The van der Waals surface area contributed by atoms with Crippen molar-refractivity contribution in [2.24, 2.45) is 0 Å². The van der Waals surface area contributed by atoms with Crippen molar-refractivity contribution >= 4 is 29.1 Å². The highest BCUT2D eigenvalue weighted by atomic mass is 16.2. The largest absolute Gasteiger partial charge is 0.340 e. The molecule has 0 saturated heterocycles. The third kappa shape index (κ3) is 4.66. The molecule has 4 N–H and O–H groups in total. The standard InChI is InChI=1S/C23H24N6O3/c1-13(2)20-27-21(29-28-20)14-7-9-15(10-8-14)24-19(30)12-11-18-23(32)25-17-6-4-3-5-16(17)22(31)26-18/h3-10,13,18H,11-12H2,1-2H3,(H,24,30)(H,25,32)(H,26,31)(H,27,28,29)/t18-/m0/s1. The van der Waals surface area contributed by atoms with Gasteiger partial charge in [0.15, 0.2) is 5.82 Å². The molecule has 0 bridgehead atoms. The second-order valence-corrected chi connectivity index (χ2v) is 7.92. The zero-order valence-electron chi connectivity index (χ0n) is 17.8. The first-order chi connectivity index (χ1) is 15.4. The number of carbonyl (C=O) groups excluding carboxylic acids is 3. The van der Waals surface area contributed by atoms with Crippen LogP contribution in [0.4, 0.5) is 11.4 Å². The van der Waals surface area contributed by atoms with Crippen LogP contribution in [0.2, 0.25) is 0 Å². The summed E-state index contributed by atoms with van der Waals surface area (Å²) in [6, 6.07) is 13.2. The minimum absolute atomic E-state index is 0.0785. The first-order valence-corrected chi connectivity index (χ1v) is 10.4. The van der Waals surface area contributed by atoms with E-state index in [0.717, 1.165) is 11.4 Å². The summed E-state index contributed by atoms with van der Waals surface area (Å²) in [7, 11) is 0. The van der Waals surface area contributed by atoms with Crippen LogP contribution in [0.3, 0.4) is 0 Å². The molecule has 0 aliphatic carbocycles. The molecule has 1 atom stereocenters. The van der Waals surface area contributed by atoms with E-state index in [1.165, 1.54) is 0 Å². The van der Waals surface area contributed by atoms with E-state index in [-0.39, 0.29) is 36.5 Å². The smallest absolute Gasteiger partial charge is 0.254 e. The number of nitrogens with zero attached hydrogens (tertiary/aromatic N) is 2. The predicted molar refractivity (Wildman–Crippen MR) is 120 cm³/mol. The van der Waals surface area contributed by atoms with Gasteiger partial charge in [-0.3, -0.25) is 19.5 Å².